The molecule has 2 heteroatoms. The minimum atomic E-state index is 0.679. The van der Waals surface area contributed by atoms with E-state index in [1.54, 1.807) is 6.26 Å². The molecule has 0 unspecified atom stereocenters. The molecule has 0 aliphatic carbocycles. The fourth-order valence-electron chi connectivity index (χ4n) is 3.11. The van der Waals surface area contributed by atoms with Crippen molar-refractivity contribution in [3.05, 3.63) is 12.3 Å². The van der Waals surface area contributed by atoms with Crippen LogP contribution in [0.3, 0.4) is 0 Å². The SMILES string of the molecule is CCCCCCCCCCCCCCCCCCOCC=COCC. The van der Waals surface area contributed by atoms with Gasteiger partial charge in [-0.3, -0.25) is 0 Å². The molecule has 0 saturated heterocycles. The van der Waals surface area contributed by atoms with Crippen molar-refractivity contribution in [2.75, 3.05) is 19.8 Å². The van der Waals surface area contributed by atoms with Crippen LogP contribution >= 0.6 is 0 Å². The first kappa shape index (κ1) is 24.5. The molecule has 0 radical (unpaired) electrons. The maximum absolute atomic E-state index is 5.53. The first-order valence-electron chi connectivity index (χ1n) is 11.3. The molecule has 0 saturated carbocycles. The highest BCUT2D eigenvalue weighted by Gasteiger charge is 1.94. The highest BCUT2D eigenvalue weighted by molar-refractivity contribution is 4.72. The summed E-state index contributed by atoms with van der Waals surface area (Å²) in [5, 5.41) is 0. The van der Waals surface area contributed by atoms with Gasteiger partial charge in [0.15, 0.2) is 0 Å². The molecule has 0 aromatic heterocycles. The summed E-state index contributed by atoms with van der Waals surface area (Å²) in [6.07, 6.45) is 26.3. The van der Waals surface area contributed by atoms with Crippen molar-refractivity contribution in [1.29, 1.82) is 0 Å². The third kappa shape index (κ3) is 23.5. The van der Waals surface area contributed by atoms with E-state index < -0.39 is 0 Å². The van der Waals surface area contributed by atoms with E-state index in [0.29, 0.717) is 6.61 Å². The Kier molecular flexibility index (Phi) is 23.0. The Balaban J connectivity index is 2.98. The Labute approximate surface area is 158 Å². The van der Waals surface area contributed by atoms with Gasteiger partial charge in [-0.05, 0) is 19.4 Å². The lowest BCUT2D eigenvalue weighted by Crippen LogP contribution is -1.94. The molecule has 0 aromatic carbocycles. The van der Waals surface area contributed by atoms with Gasteiger partial charge in [0.2, 0.25) is 0 Å². The molecule has 0 amide bonds. The van der Waals surface area contributed by atoms with E-state index >= 15 is 0 Å². The first-order chi connectivity index (χ1) is 12.4. The summed E-state index contributed by atoms with van der Waals surface area (Å²) >= 11 is 0. The summed E-state index contributed by atoms with van der Waals surface area (Å²) in [6, 6.07) is 0. The van der Waals surface area contributed by atoms with Crippen LogP contribution in [0.5, 0.6) is 0 Å². The van der Waals surface area contributed by atoms with Crippen molar-refractivity contribution in [3.8, 4) is 0 Å². The molecule has 0 fully saturated rings. The van der Waals surface area contributed by atoms with Gasteiger partial charge in [0.25, 0.3) is 0 Å². The van der Waals surface area contributed by atoms with Gasteiger partial charge < -0.3 is 9.47 Å². The average Bonchev–Trinajstić information content (AvgIpc) is 2.63. The van der Waals surface area contributed by atoms with Crippen LogP contribution < -0.4 is 0 Å². The van der Waals surface area contributed by atoms with Gasteiger partial charge in [0.1, 0.15) is 0 Å². The first-order valence-corrected chi connectivity index (χ1v) is 11.3. The topological polar surface area (TPSA) is 18.5 Å². The Morgan fingerprint density at radius 3 is 1.44 bits per heavy atom. The summed E-state index contributed by atoms with van der Waals surface area (Å²) in [5.41, 5.74) is 0. The van der Waals surface area contributed by atoms with Gasteiger partial charge in [-0.1, -0.05) is 103 Å². The maximum Gasteiger partial charge on any atom is 0.0845 e. The average molecular weight is 355 g/mol. The molecule has 0 rings (SSSR count). The van der Waals surface area contributed by atoms with Crippen LogP contribution in [-0.2, 0) is 9.47 Å². The molecule has 0 aromatic rings. The van der Waals surface area contributed by atoms with E-state index in [0.717, 1.165) is 13.2 Å². The van der Waals surface area contributed by atoms with E-state index in [9.17, 15) is 0 Å². The van der Waals surface area contributed by atoms with E-state index in [1.165, 1.54) is 103 Å². The van der Waals surface area contributed by atoms with Gasteiger partial charge in [-0.2, -0.15) is 0 Å². The second-order valence-electron chi connectivity index (χ2n) is 7.21. The predicted octanol–water partition coefficient (Wildman–Crippen LogP) is 7.81. The van der Waals surface area contributed by atoms with Gasteiger partial charge in [0.05, 0.1) is 19.5 Å². The zero-order valence-corrected chi connectivity index (χ0v) is 17.4. The Bertz CT molecular complexity index is 250. The molecular weight excluding hydrogens is 308 g/mol. The highest BCUT2D eigenvalue weighted by Crippen LogP contribution is 2.13. The molecule has 0 atom stereocenters. The molecule has 0 N–H and O–H groups in total. The van der Waals surface area contributed by atoms with Crippen molar-refractivity contribution in [2.24, 2.45) is 0 Å². The zero-order valence-electron chi connectivity index (χ0n) is 17.4. The largest absolute Gasteiger partial charge is 0.502 e. The normalized spacial score (nSPS) is 11.4. The molecule has 150 valence electrons. The molecule has 0 aliphatic rings. The molecular formula is C23H46O2. The molecule has 0 spiro atoms. The fourth-order valence-corrected chi connectivity index (χ4v) is 3.11. The quantitative estimate of drug-likeness (QED) is 0.154. The maximum atomic E-state index is 5.53. The van der Waals surface area contributed by atoms with Crippen molar-refractivity contribution < 1.29 is 9.47 Å². The molecule has 25 heavy (non-hydrogen) atoms. The van der Waals surface area contributed by atoms with Crippen LogP contribution in [0.2, 0.25) is 0 Å². The lowest BCUT2D eigenvalue weighted by atomic mass is 10.0. The smallest absolute Gasteiger partial charge is 0.0845 e. The number of rotatable bonds is 21. The fraction of sp³-hybridized carbons (Fsp3) is 0.913. The Hall–Kier alpha value is -0.500. The number of unbranched alkanes of at least 4 members (excludes halogenated alkanes) is 15. The Morgan fingerprint density at radius 1 is 0.560 bits per heavy atom. The van der Waals surface area contributed by atoms with Gasteiger partial charge in [-0.25, -0.2) is 0 Å². The minimum absolute atomic E-state index is 0.679. The van der Waals surface area contributed by atoms with E-state index in [4.69, 9.17) is 9.47 Å². The number of hydrogen-bond donors (Lipinski definition) is 0. The number of hydrogen-bond acceptors (Lipinski definition) is 2. The summed E-state index contributed by atoms with van der Waals surface area (Å²) < 4.78 is 10.6. The van der Waals surface area contributed by atoms with Gasteiger partial charge >= 0.3 is 0 Å². The van der Waals surface area contributed by atoms with Crippen LogP contribution in [0.25, 0.3) is 0 Å². The predicted molar refractivity (Wildman–Crippen MR) is 111 cm³/mol. The van der Waals surface area contributed by atoms with E-state index in [1.807, 2.05) is 13.0 Å². The highest BCUT2D eigenvalue weighted by atomic mass is 16.5. The summed E-state index contributed by atoms with van der Waals surface area (Å²) in [4.78, 5) is 0. The monoisotopic (exact) mass is 354 g/mol. The molecule has 0 aliphatic heterocycles. The molecule has 0 heterocycles. The Morgan fingerprint density at radius 2 is 1.00 bits per heavy atom. The zero-order chi connectivity index (χ0) is 18.3. The third-order valence-electron chi connectivity index (χ3n) is 4.72. The summed E-state index contributed by atoms with van der Waals surface area (Å²) in [5.74, 6) is 0. The van der Waals surface area contributed by atoms with Gasteiger partial charge in [-0.15, -0.1) is 0 Å². The molecule has 0 bridgehead atoms. The van der Waals surface area contributed by atoms with E-state index in [2.05, 4.69) is 6.92 Å². The number of ether oxygens (including phenoxy) is 2. The van der Waals surface area contributed by atoms with Crippen molar-refractivity contribution in [3.63, 3.8) is 0 Å². The second kappa shape index (κ2) is 23.5. The van der Waals surface area contributed by atoms with Crippen molar-refractivity contribution >= 4 is 0 Å². The lowest BCUT2D eigenvalue weighted by molar-refractivity contribution is 0.154. The van der Waals surface area contributed by atoms with Crippen LogP contribution in [0.1, 0.15) is 117 Å². The van der Waals surface area contributed by atoms with Crippen LogP contribution in [0, 0.1) is 0 Å². The summed E-state index contributed by atoms with van der Waals surface area (Å²) in [7, 11) is 0. The van der Waals surface area contributed by atoms with Crippen molar-refractivity contribution in [2.45, 2.75) is 117 Å². The standard InChI is InChI=1S/C23H46O2/c1-3-5-6-7-8-9-10-11-12-13-14-15-16-17-18-19-21-25-23-20-22-24-4-2/h20,22H,3-19,21,23H2,1-2H3. The molecule has 2 nitrogen and oxygen atoms in total. The third-order valence-corrected chi connectivity index (χ3v) is 4.72. The van der Waals surface area contributed by atoms with Crippen LogP contribution in [0.15, 0.2) is 12.3 Å². The van der Waals surface area contributed by atoms with Gasteiger partial charge in [0, 0.05) is 6.61 Å². The van der Waals surface area contributed by atoms with Crippen LogP contribution in [-0.4, -0.2) is 19.8 Å². The van der Waals surface area contributed by atoms with Crippen molar-refractivity contribution in [1.82, 2.24) is 0 Å². The second-order valence-corrected chi connectivity index (χ2v) is 7.21. The summed E-state index contributed by atoms with van der Waals surface area (Å²) in [6.45, 7) is 6.57. The van der Waals surface area contributed by atoms with Crippen LogP contribution in [0.4, 0.5) is 0 Å². The lowest BCUT2D eigenvalue weighted by Gasteiger charge is -2.04. The van der Waals surface area contributed by atoms with E-state index in [-0.39, 0.29) is 0 Å². The minimum Gasteiger partial charge on any atom is -0.502 e.